The quantitative estimate of drug-likeness (QED) is 0.249. The molecule has 1 aromatic rings. The summed E-state index contributed by atoms with van der Waals surface area (Å²) in [7, 11) is 3.29. The first-order valence-electron chi connectivity index (χ1n) is 4.43. The fraction of sp³-hybridized carbons (Fsp3) is 0. The number of halogens is 5. The molecular formula is C6H5B4F5. The molecule has 0 amide bonds. The maximum absolute atomic E-state index is 13.1. The van der Waals surface area contributed by atoms with Crippen LogP contribution < -0.4 is 5.46 Å². The molecule has 15 heavy (non-hydrogen) atoms. The van der Waals surface area contributed by atoms with Gasteiger partial charge in [-0.25, -0.2) is 22.0 Å². The van der Waals surface area contributed by atoms with E-state index in [1.807, 2.05) is 0 Å². The smallest absolute Gasteiger partial charge is 0.200 e. The summed E-state index contributed by atoms with van der Waals surface area (Å²) < 4.78 is 64.4. The van der Waals surface area contributed by atoms with Crippen LogP contribution >= 0.6 is 0 Å². The van der Waals surface area contributed by atoms with Crippen molar-refractivity contribution in [2.75, 3.05) is 0 Å². The molecule has 1 aromatic carbocycles. The lowest BCUT2D eigenvalue weighted by atomic mass is 9.03. The second-order valence-electron chi connectivity index (χ2n) is 3.29. The summed E-state index contributed by atoms with van der Waals surface area (Å²) in [5, 5.41) is 0. The lowest BCUT2D eigenvalue weighted by Gasteiger charge is -2.10. The standard InChI is InChI=1S/C6H5B4F5/c7-9-10(8)1-2(11)4(13)6(15)5(14)3(1)12/h9H,7-8H2. The molecule has 0 nitrogen and oxygen atoms in total. The molecule has 0 saturated carbocycles. The van der Waals surface area contributed by atoms with Gasteiger partial charge in [0.25, 0.3) is 0 Å². The highest BCUT2D eigenvalue weighted by atomic mass is 19.2. The average molecular weight is 215 g/mol. The van der Waals surface area contributed by atoms with Gasteiger partial charge < -0.3 is 0 Å². The maximum atomic E-state index is 13.1. The average Bonchev–Trinajstić information content (AvgIpc) is 2.23. The third kappa shape index (κ3) is 1.92. The molecule has 0 aliphatic heterocycles. The molecular weight excluding hydrogens is 210 g/mol. The monoisotopic (exact) mass is 216 g/mol. The van der Waals surface area contributed by atoms with Crippen LogP contribution in [0.4, 0.5) is 22.0 Å². The van der Waals surface area contributed by atoms with Crippen molar-refractivity contribution in [1.82, 2.24) is 0 Å². The van der Waals surface area contributed by atoms with Gasteiger partial charge in [0, 0.05) is 0 Å². The molecule has 1 rings (SSSR count). The van der Waals surface area contributed by atoms with Gasteiger partial charge in [-0.2, -0.15) is 0 Å². The Kier molecular flexibility index (Phi) is 3.52. The van der Waals surface area contributed by atoms with Gasteiger partial charge >= 0.3 is 0 Å². The van der Waals surface area contributed by atoms with Crippen molar-refractivity contribution >= 4 is 34.5 Å². The second kappa shape index (κ2) is 4.33. The highest BCUT2D eigenvalue weighted by Crippen LogP contribution is 2.16. The van der Waals surface area contributed by atoms with E-state index in [1.165, 1.54) is 7.74 Å². The van der Waals surface area contributed by atoms with Crippen LogP contribution in [0.2, 0.25) is 0 Å². The Hall–Kier alpha value is -0.870. The van der Waals surface area contributed by atoms with E-state index < -0.39 is 41.0 Å². The molecule has 0 spiro atoms. The zero-order valence-corrected chi connectivity index (χ0v) is 8.17. The highest BCUT2D eigenvalue weighted by molar-refractivity contribution is 7.50. The van der Waals surface area contributed by atoms with E-state index in [-0.39, 0.29) is 0 Å². The van der Waals surface area contributed by atoms with Crippen molar-refractivity contribution in [3.8, 4) is 0 Å². The summed E-state index contributed by atoms with van der Waals surface area (Å²) in [6, 6.07) is 0. The lowest BCUT2D eigenvalue weighted by molar-refractivity contribution is 0.384. The molecule has 0 saturated heterocycles. The van der Waals surface area contributed by atoms with Gasteiger partial charge in [0.2, 0.25) is 0 Å². The van der Waals surface area contributed by atoms with Crippen LogP contribution in [-0.4, -0.2) is 29.0 Å². The summed E-state index contributed by atoms with van der Waals surface area (Å²) in [6.07, 6.45) is 0. The minimum absolute atomic E-state index is 0.290. The minimum Gasteiger partial charge on any atom is -0.204 e. The van der Waals surface area contributed by atoms with E-state index in [4.69, 9.17) is 0 Å². The number of hydrogen-bond acceptors (Lipinski definition) is 0. The molecule has 9 heteroatoms. The van der Waals surface area contributed by atoms with Crippen LogP contribution in [0.3, 0.4) is 0 Å². The molecule has 76 valence electrons. The Morgan fingerprint density at radius 1 is 0.800 bits per heavy atom. The van der Waals surface area contributed by atoms with E-state index in [1.54, 1.807) is 7.74 Å². The first-order valence-corrected chi connectivity index (χ1v) is 4.43. The van der Waals surface area contributed by atoms with Gasteiger partial charge in [0.15, 0.2) is 29.1 Å². The van der Waals surface area contributed by atoms with Gasteiger partial charge in [0.1, 0.15) is 6.49 Å². The number of rotatable bonds is 2. The van der Waals surface area contributed by atoms with Gasteiger partial charge in [0.05, 0.1) is 22.5 Å². The van der Waals surface area contributed by atoms with E-state index in [0.717, 1.165) is 0 Å². The summed E-state index contributed by atoms with van der Waals surface area (Å²) >= 11 is 0. The van der Waals surface area contributed by atoms with E-state index in [9.17, 15) is 22.0 Å². The largest absolute Gasteiger partial charge is 0.204 e. The van der Waals surface area contributed by atoms with Crippen LogP contribution in [0, 0.1) is 29.1 Å². The van der Waals surface area contributed by atoms with Crippen LogP contribution in [0.25, 0.3) is 0 Å². The predicted octanol–water partition coefficient (Wildman–Crippen LogP) is -1.31. The maximum Gasteiger partial charge on any atom is 0.200 e. The Morgan fingerprint density at radius 2 is 1.13 bits per heavy atom. The summed E-state index contributed by atoms with van der Waals surface area (Å²) in [6.45, 7) is -0.713. The SMILES string of the molecule is BBB(B)c1c(F)c(F)c(F)c(F)c1F. The van der Waals surface area contributed by atoms with Crippen LogP contribution in [0.5, 0.6) is 0 Å². The fourth-order valence-electron chi connectivity index (χ4n) is 1.26. The van der Waals surface area contributed by atoms with Gasteiger partial charge in [-0.3, -0.25) is 0 Å². The molecule has 0 heterocycles. The van der Waals surface area contributed by atoms with Gasteiger partial charge in [-0.15, -0.1) is 0 Å². The van der Waals surface area contributed by atoms with Crippen LogP contribution in [0.1, 0.15) is 0 Å². The van der Waals surface area contributed by atoms with Crippen molar-refractivity contribution in [2.24, 2.45) is 0 Å². The van der Waals surface area contributed by atoms with Crippen molar-refractivity contribution in [2.45, 2.75) is 0 Å². The lowest BCUT2D eigenvalue weighted by Crippen LogP contribution is -2.44. The minimum atomic E-state index is -2.11. The second-order valence-corrected chi connectivity index (χ2v) is 3.29. The van der Waals surface area contributed by atoms with Crippen molar-refractivity contribution in [1.29, 1.82) is 0 Å². The molecule has 0 aliphatic carbocycles. The van der Waals surface area contributed by atoms with E-state index in [0.29, 0.717) is 7.06 Å². The first kappa shape index (κ1) is 12.2. The Balaban J connectivity index is 3.52. The highest BCUT2D eigenvalue weighted by Gasteiger charge is 2.28. The molecule has 0 fully saturated rings. The van der Waals surface area contributed by atoms with Crippen molar-refractivity contribution < 1.29 is 22.0 Å². The number of benzene rings is 1. The fourth-order valence-corrected chi connectivity index (χ4v) is 1.26. The molecule has 0 radical (unpaired) electrons. The third-order valence-electron chi connectivity index (χ3n) is 2.35. The Labute approximate surface area is 86.3 Å². The molecule has 0 bridgehead atoms. The Bertz CT molecular complexity index is 367. The zero-order valence-electron chi connectivity index (χ0n) is 8.17. The molecule has 0 aliphatic rings. The van der Waals surface area contributed by atoms with Crippen LogP contribution in [-0.2, 0) is 0 Å². The van der Waals surface area contributed by atoms with Gasteiger partial charge in [-0.05, 0) is 5.46 Å². The van der Waals surface area contributed by atoms with Gasteiger partial charge in [-0.1, -0.05) is 0 Å². The Morgan fingerprint density at radius 3 is 1.47 bits per heavy atom. The van der Waals surface area contributed by atoms with Crippen LogP contribution in [0.15, 0.2) is 0 Å². The van der Waals surface area contributed by atoms with Crippen molar-refractivity contribution in [3.63, 3.8) is 0 Å². The molecule has 0 N–H and O–H groups in total. The van der Waals surface area contributed by atoms with Crippen molar-refractivity contribution in [3.05, 3.63) is 29.1 Å². The van der Waals surface area contributed by atoms with E-state index >= 15 is 0 Å². The number of hydrogen-bond donors (Lipinski definition) is 0. The summed E-state index contributed by atoms with van der Waals surface area (Å²) in [5.74, 6) is -9.35. The van der Waals surface area contributed by atoms with E-state index in [2.05, 4.69) is 0 Å². The summed E-state index contributed by atoms with van der Waals surface area (Å²) in [4.78, 5) is 0. The normalized spacial score (nSPS) is 10.2. The molecule has 0 atom stereocenters. The zero-order chi connectivity index (χ0) is 11.7. The summed E-state index contributed by atoms with van der Waals surface area (Å²) in [5.41, 5.74) is -0.742. The molecule has 0 aromatic heterocycles. The first-order chi connectivity index (χ1) is 6.91. The predicted molar refractivity (Wildman–Crippen MR) is 55.9 cm³/mol. The third-order valence-corrected chi connectivity index (χ3v) is 2.35. The molecule has 0 unspecified atom stereocenters. The topological polar surface area (TPSA) is 0 Å².